The van der Waals surface area contributed by atoms with Crippen molar-refractivity contribution in [3.8, 4) is 11.5 Å². The summed E-state index contributed by atoms with van der Waals surface area (Å²) in [5.74, 6) is 0.606. The third kappa shape index (κ3) is 6.69. The van der Waals surface area contributed by atoms with E-state index in [-0.39, 0.29) is 6.10 Å². The molecule has 0 bridgehead atoms. The molecule has 0 N–H and O–H groups in total. The first-order valence-corrected chi connectivity index (χ1v) is 14.8. The highest BCUT2D eigenvalue weighted by Crippen LogP contribution is 2.40. The van der Waals surface area contributed by atoms with Crippen molar-refractivity contribution < 1.29 is 18.9 Å². The Bertz CT molecular complexity index is 1440. The van der Waals surface area contributed by atoms with Crippen molar-refractivity contribution >= 4 is 28.9 Å². The molecule has 0 unspecified atom stereocenters. The van der Waals surface area contributed by atoms with Gasteiger partial charge >= 0.3 is 0 Å². The van der Waals surface area contributed by atoms with E-state index in [4.69, 9.17) is 42.1 Å². The Morgan fingerprint density at radius 3 is 2.40 bits per heavy atom. The zero-order valence-corrected chi connectivity index (χ0v) is 25.0. The van der Waals surface area contributed by atoms with Gasteiger partial charge in [-0.1, -0.05) is 41.4 Å². The molecule has 2 atom stereocenters. The number of ether oxygens (including phenoxy) is 4. The standard InChI is InChI=1S/C32H34Cl2N4O4/c1-39-27-7-2-24(3-8-27)19-36-14-16-38(17-15-36)26-5-9-28(10-6-26)40-20-29-21-41-32(42-29,22-37-13-12-35-23-37)30-11-4-25(33)18-31(30)34/h2-13,18,23,29H,14-17,19-22H2,1H3/t29-,32-/m1/s1. The molecule has 10 heteroatoms. The third-order valence-electron chi connectivity index (χ3n) is 7.73. The molecule has 3 heterocycles. The number of rotatable bonds is 10. The zero-order chi connectivity index (χ0) is 28.9. The predicted molar refractivity (Wildman–Crippen MR) is 164 cm³/mol. The van der Waals surface area contributed by atoms with Crippen LogP contribution < -0.4 is 14.4 Å². The monoisotopic (exact) mass is 608 g/mol. The van der Waals surface area contributed by atoms with Gasteiger partial charge in [-0.15, -0.1) is 0 Å². The van der Waals surface area contributed by atoms with Crippen molar-refractivity contribution in [2.45, 2.75) is 25.0 Å². The lowest BCUT2D eigenvalue weighted by Gasteiger charge is -2.36. The second kappa shape index (κ2) is 12.9. The molecule has 6 rings (SSSR count). The van der Waals surface area contributed by atoms with Gasteiger partial charge in [0, 0.05) is 61.4 Å². The van der Waals surface area contributed by atoms with E-state index in [1.54, 1.807) is 31.8 Å². The molecule has 4 aromatic rings. The largest absolute Gasteiger partial charge is 0.497 e. The van der Waals surface area contributed by atoms with Crippen LogP contribution in [0.4, 0.5) is 5.69 Å². The summed E-state index contributed by atoms with van der Waals surface area (Å²) in [6.07, 6.45) is 5.03. The number of nitrogens with zero attached hydrogens (tertiary/aromatic N) is 4. The Balaban J connectivity index is 1.02. The maximum absolute atomic E-state index is 6.58. The van der Waals surface area contributed by atoms with Crippen LogP contribution in [0.15, 0.2) is 85.5 Å². The van der Waals surface area contributed by atoms with E-state index < -0.39 is 5.79 Å². The SMILES string of the molecule is COc1ccc(CN2CCN(c3ccc(OC[C@@H]4CO[C@@](Cn5ccnc5)(c5ccc(Cl)cc5Cl)O4)cc3)CC2)cc1. The Morgan fingerprint density at radius 1 is 0.952 bits per heavy atom. The molecule has 3 aromatic carbocycles. The first kappa shape index (κ1) is 28.8. The number of methoxy groups -OCH3 is 1. The number of benzene rings is 3. The Hall–Kier alpha value is -3.27. The minimum atomic E-state index is -1.07. The Morgan fingerprint density at radius 2 is 1.71 bits per heavy atom. The van der Waals surface area contributed by atoms with E-state index in [0.29, 0.717) is 29.8 Å². The minimum absolute atomic E-state index is 0.279. The molecule has 2 aliphatic rings. The lowest BCUT2D eigenvalue weighted by Crippen LogP contribution is -2.45. The van der Waals surface area contributed by atoms with E-state index in [0.717, 1.165) is 49.8 Å². The first-order valence-electron chi connectivity index (χ1n) is 14.1. The normalized spacial score (nSPS) is 21.0. The summed E-state index contributed by atoms with van der Waals surface area (Å²) in [5.41, 5.74) is 3.22. The van der Waals surface area contributed by atoms with Gasteiger partial charge in [0.2, 0.25) is 5.79 Å². The van der Waals surface area contributed by atoms with Gasteiger partial charge in [-0.2, -0.15) is 0 Å². The van der Waals surface area contributed by atoms with Gasteiger partial charge < -0.3 is 28.4 Å². The van der Waals surface area contributed by atoms with Crippen molar-refractivity contribution in [2.75, 3.05) is 51.4 Å². The van der Waals surface area contributed by atoms with Crippen molar-refractivity contribution in [3.05, 3.63) is 107 Å². The molecule has 0 aliphatic carbocycles. The van der Waals surface area contributed by atoms with Crippen molar-refractivity contribution in [2.24, 2.45) is 0 Å². The smallest absolute Gasteiger partial charge is 0.215 e. The fraction of sp³-hybridized carbons (Fsp3) is 0.344. The fourth-order valence-electron chi connectivity index (χ4n) is 5.47. The highest BCUT2D eigenvalue weighted by Gasteiger charge is 2.45. The quantitative estimate of drug-likeness (QED) is 0.223. The van der Waals surface area contributed by atoms with E-state index in [1.807, 2.05) is 41.1 Å². The molecule has 0 spiro atoms. The van der Waals surface area contributed by atoms with Crippen LogP contribution in [0.5, 0.6) is 11.5 Å². The molecule has 42 heavy (non-hydrogen) atoms. The summed E-state index contributed by atoms with van der Waals surface area (Å²) in [6.45, 7) is 6.06. The third-order valence-corrected chi connectivity index (χ3v) is 8.27. The average Bonchev–Trinajstić information content (AvgIpc) is 3.68. The van der Waals surface area contributed by atoms with Crippen molar-refractivity contribution in [3.63, 3.8) is 0 Å². The summed E-state index contributed by atoms with van der Waals surface area (Å²) in [4.78, 5) is 9.06. The number of aromatic nitrogens is 2. The highest BCUT2D eigenvalue weighted by atomic mass is 35.5. The van der Waals surface area contributed by atoms with Crippen LogP contribution in [-0.4, -0.2) is 67.1 Å². The number of piperazine rings is 1. The summed E-state index contributed by atoms with van der Waals surface area (Å²) in [7, 11) is 1.69. The molecular formula is C32H34Cl2N4O4. The molecule has 220 valence electrons. The van der Waals surface area contributed by atoms with Crippen LogP contribution in [0.3, 0.4) is 0 Å². The topological polar surface area (TPSA) is 61.2 Å². The molecular weight excluding hydrogens is 575 g/mol. The number of imidazole rings is 1. The predicted octanol–water partition coefficient (Wildman–Crippen LogP) is 5.87. The number of halogens is 2. The lowest BCUT2D eigenvalue weighted by molar-refractivity contribution is -0.189. The van der Waals surface area contributed by atoms with Crippen LogP contribution in [0.25, 0.3) is 0 Å². The molecule has 2 fully saturated rings. The van der Waals surface area contributed by atoms with Crippen molar-refractivity contribution in [1.29, 1.82) is 0 Å². The number of anilines is 1. The summed E-state index contributed by atoms with van der Waals surface area (Å²) < 4.78 is 26.1. The van der Waals surface area contributed by atoms with Crippen LogP contribution >= 0.6 is 23.2 Å². The second-order valence-corrected chi connectivity index (χ2v) is 11.4. The van der Waals surface area contributed by atoms with E-state index in [2.05, 4.69) is 39.0 Å². The highest BCUT2D eigenvalue weighted by molar-refractivity contribution is 6.35. The Kier molecular flexibility index (Phi) is 8.88. The van der Waals surface area contributed by atoms with Gasteiger partial charge in [-0.25, -0.2) is 4.98 Å². The van der Waals surface area contributed by atoms with Gasteiger partial charge in [0.15, 0.2) is 0 Å². The van der Waals surface area contributed by atoms with Crippen LogP contribution in [0.2, 0.25) is 10.0 Å². The van der Waals surface area contributed by atoms with Crippen LogP contribution in [0.1, 0.15) is 11.1 Å². The number of hydrogen-bond acceptors (Lipinski definition) is 7. The zero-order valence-electron chi connectivity index (χ0n) is 23.5. The fourth-order valence-corrected chi connectivity index (χ4v) is 6.02. The summed E-state index contributed by atoms with van der Waals surface area (Å²) in [6, 6.07) is 21.9. The summed E-state index contributed by atoms with van der Waals surface area (Å²) >= 11 is 12.7. The molecule has 2 aliphatic heterocycles. The molecule has 0 amide bonds. The maximum atomic E-state index is 6.58. The van der Waals surface area contributed by atoms with E-state index in [1.165, 1.54) is 11.3 Å². The van der Waals surface area contributed by atoms with Gasteiger partial charge in [0.05, 0.1) is 31.6 Å². The van der Waals surface area contributed by atoms with Crippen LogP contribution in [-0.2, 0) is 28.4 Å². The molecule has 8 nitrogen and oxygen atoms in total. The maximum Gasteiger partial charge on any atom is 0.215 e. The summed E-state index contributed by atoms with van der Waals surface area (Å²) in [5, 5.41) is 1.04. The van der Waals surface area contributed by atoms with E-state index in [9.17, 15) is 0 Å². The number of hydrogen-bond donors (Lipinski definition) is 0. The van der Waals surface area contributed by atoms with Gasteiger partial charge in [0.1, 0.15) is 24.2 Å². The minimum Gasteiger partial charge on any atom is -0.497 e. The molecule has 0 saturated carbocycles. The molecule has 2 saturated heterocycles. The lowest BCUT2D eigenvalue weighted by atomic mass is 10.1. The first-order chi connectivity index (χ1) is 20.5. The van der Waals surface area contributed by atoms with Crippen LogP contribution in [0, 0.1) is 0 Å². The Labute approximate surface area is 256 Å². The van der Waals surface area contributed by atoms with E-state index >= 15 is 0 Å². The van der Waals surface area contributed by atoms with Gasteiger partial charge in [-0.3, -0.25) is 4.90 Å². The van der Waals surface area contributed by atoms with Gasteiger partial charge in [-0.05, 0) is 54.1 Å². The average molecular weight is 610 g/mol. The van der Waals surface area contributed by atoms with Gasteiger partial charge in [0.25, 0.3) is 0 Å². The van der Waals surface area contributed by atoms with Crippen molar-refractivity contribution in [1.82, 2.24) is 14.5 Å². The second-order valence-electron chi connectivity index (χ2n) is 10.6. The molecule has 0 radical (unpaired) electrons. The molecule has 1 aromatic heterocycles.